The van der Waals surface area contributed by atoms with Crippen LogP contribution in [0.4, 0.5) is 0 Å². The van der Waals surface area contributed by atoms with Crippen LogP contribution >= 0.6 is 0 Å². The normalized spacial score (nSPS) is 37.4. The number of aliphatic hydroxyl groups is 4. The van der Waals surface area contributed by atoms with Crippen LogP contribution in [0, 0.1) is 40.9 Å². The molecule has 0 spiro atoms. The molecule has 1 saturated carbocycles. The van der Waals surface area contributed by atoms with Crippen LogP contribution in [0.2, 0.25) is 0 Å². The van der Waals surface area contributed by atoms with Gasteiger partial charge in [-0.05, 0) is 114 Å². The molecule has 3 heterocycles. The van der Waals surface area contributed by atoms with Crippen molar-refractivity contribution >= 4 is 35.2 Å². The van der Waals surface area contributed by atoms with Crippen LogP contribution < -0.4 is 0 Å². The second-order valence-electron chi connectivity index (χ2n) is 21.8. The lowest BCUT2D eigenvalue weighted by atomic mass is 9.78. The summed E-state index contributed by atoms with van der Waals surface area (Å²) in [6, 6.07) is -1.20. The zero-order chi connectivity index (χ0) is 54.4. The van der Waals surface area contributed by atoms with E-state index in [4.69, 9.17) is 28.4 Å². The van der Waals surface area contributed by atoms with Crippen LogP contribution in [-0.2, 0) is 57.2 Å². The number of fused-ring (bicyclic) bond motifs is 3. The molecule has 0 aromatic carbocycles. The Morgan fingerprint density at radius 1 is 0.863 bits per heavy atom. The molecule has 1 amide bonds. The number of allylic oxidation sites excluding steroid dienone is 6. The van der Waals surface area contributed by atoms with Crippen molar-refractivity contribution < 1.29 is 77.6 Å². The molecule has 2 bridgehead atoms. The zero-order valence-electron chi connectivity index (χ0n) is 45.3. The Kier molecular flexibility index (Phi) is 23.9. The van der Waals surface area contributed by atoms with Gasteiger partial charge in [0.1, 0.15) is 41.7 Å². The van der Waals surface area contributed by atoms with Gasteiger partial charge < -0.3 is 53.7 Å². The van der Waals surface area contributed by atoms with Crippen molar-refractivity contribution in [1.82, 2.24) is 4.90 Å². The first-order chi connectivity index (χ1) is 34.5. The van der Waals surface area contributed by atoms with Crippen molar-refractivity contribution in [3.63, 3.8) is 0 Å². The van der Waals surface area contributed by atoms with E-state index in [-0.39, 0.29) is 42.8 Å². The van der Waals surface area contributed by atoms with Crippen LogP contribution in [0.15, 0.2) is 47.6 Å². The minimum Gasteiger partial charge on any atom is -0.460 e. The summed E-state index contributed by atoms with van der Waals surface area (Å²) in [5.74, 6) is -9.36. The molecule has 3 aliphatic heterocycles. The van der Waals surface area contributed by atoms with Crippen molar-refractivity contribution in [2.45, 2.75) is 187 Å². The first-order valence-corrected chi connectivity index (χ1v) is 26.4. The largest absolute Gasteiger partial charge is 0.460 e. The minimum absolute atomic E-state index is 0.00697. The molecule has 3 fully saturated rings. The fourth-order valence-electron chi connectivity index (χ4n) is 10.7. The number of methoxy groups -OCH3 is 3. The van der Waals surface area contributed by atoms with Crippen LogP contribution in [0.3, 0.4) is 0 Å². The maximum absolute atomic E-state index is 14.5. The number of aliphatic hydroxyl groups excluding tert-OH is 3. The van der Waals surface area contributed by atoms with Crippen LogP contribution in [0.25, 0.3) is 0 Å². The number of ketones is 3. The third-order valence-electron chi connectivity index (χ3n) is 15.9. The minimum atomic E-state index is -2.47. The predicted octanol–water partition coefficient (Wildman–Crippen LogP) is 5.72. The van der Waals surface area contributed by atoms with E-state index in [9.17, 15) is 49.2 Å². The van der Waals surface area contributed by atoms with Gasteiger partial charge in [0.2, 0.25) is 5.79 Å². The lowest BCUT2D eigenvalue weighted by Gasteiger charge is -2.42. The zero-order valence-corrected chi connectivity index (χ0v) is 45.3. The van der Waals surface area contributed by atoms with Gasteiger partial charge in [0.05, 0.1) is 31.5 Å². The second-order valence-corrected chi connectivity index (χ2v) is 21.8. The maximum atomic E-state index is 14.5. The van der Waals surface area contributed by atoms with Gasteiger partial charge in [0, 0.05) is 58.5 Å². The molecule has 15 atom stereocenters. The number of Topliss-reactive ketones (excluding diaryl/α,β-unsaturated/α-hetero) is 3. The number of nitrogens with zero attached hydrogens (tertiary/aromatic N) is 1. The molecule has 4 aliphatic rings. The molecule has 73 heavy (non-hydrogen) atoms. The number of amides is 1. The molecular formula is C56H87NO16. The Hall–Kier alpha value is -3.94. The summed E-state index contributed by atoms with van der Waals surface area (Å²) >= 11 is 0. The summed E-state index contributed by atoms with van der Waals surface area (Å²) in [5.41, 5.74) is -0.277. The number of carbonyl (C=O) groups excluding carboxylic acids is 6. The summed E-state index contributed by atoms with van der Waals surface area (Å²) < 4.78 is 35.4. The van der Waals surface area contributed by atoms with Gasteiger partial charge in [-0.15, -0.1) is 0 Å². The van der Waals surface area contributed by atoms with Gasteiger partial charge >= 0.3 is 11.9 Å². The number of hydrogen-bond acceptors (Lipinski definition) is 16. The molecule has 15 unspecified atom stereocenters. The molecule has 17 heteroatoms. The highest BCUT2D eigenvalue weighted by atomic mass is 16.6. The standard InChI is InChI=1S/C56H87NO16/c1-33-17-13-12-14-18-34(2)45(68-9)29-41-22-20-39(7)56(67,73-41)51(63)52(64)57-24-16-15-19-42(57)53(65)71-46(30-43(60)35(3)26-38(6)49(62)50(70-11)48(61)37(5)25-33)36(4)27-40-21-23-44(47(28-40)69-10)72-54(66)55(8,31-58)32-59/h12-14,17-18,26,33,35-37,39-42,44-47,49-50,58-59,62,67H,15-16,19-25,27-32H2,1-11H3/b14-12-,17-13-,34-18-,38-26-. The van der Waals surface area contributed by atoms with E-state index < -0.39 is 120 Å². The van der Waals surface area contributed by atoms with Gasteiger partial charge in [-0.2, -0.15) is 0 Å². The first kappa shape index (κ1) is 61.6. The average Bonchev–Trinajstić information content (AvgIpc) is 3.37. The van der Waals surface area contributed by atoms with Crippen molar-refractivity contribution in [3.8, 4) is 0 Å². The molecule has 412 valence electrons. The fourth-order valence-corrected chi connectivity index (χ4v) is 10.7. The third-order valence-corrected chi connectivity index (χ3v) is 15.9. The Balaban J connectivity index is 1.69. The van der Waals surface area contributed by atoms with Gasteiger partial charge in [-0.3, -0.25) is 24.0 Å². The average molecular weight is 1030 g/mol. The number of carbonyl (C=O) groups is 6. The highest BCUT2D eigenvalue weighted by Gasteiger charge is 2.53. The van der Waals surface area contributed by atoms with Gasteiger partial charge in [0.25, 0.3) is 11.7 Å². The highest BCUT2D eigenvalue weighted by Crippen LogP contribution is 2.38. The van der Waals surface area contributed by atoms with Crippen molar-refractivity contribution in [2.75, 3.05) is 41.1 Å². The van der Waals surface area contributed by atoms with E-state index in [2.05, 4.69) is 0 Å². The molecule has 1 aliphatic carbocycles. The van der Waals surface area contributed by atoms with Crippen molar-refractivity contribution in [2.24, 2.45) is 40.9 Å². The number of esters is 2. The molecule has 4 rings (SSSR count). The number of rotatable bonds is 10. The van der Waals surface area contributed by atoms with Gasteiger partial charge in [-0.1, -0.05) is 71.1 Å². The van der Waals surface area contributed by atoms with Crippen molar-refractivity contribution in [3.05, 3.63) is 47.6 Å². The number of piperidine rings is 1. The van der Waals surface area contributed by atoms with E-state index in [0.29, 0.717) is 69.8 Å². The molecule has 2 saturated heterocycles. The highest BCUT2D eigenvalue weighted by molar-refractivity contribution is 6.39. The molecular weight excluding hydrogens is 943 g/mol. The number of hydrogen-bond donors (Lipinski definition) is 4. The number of cyclic esters (lactones) is 1. The molecule has 17 nitrogen and oxygen atoms in total. The lowest BCUT2D eigenvalue weighted by molar-refractivity contribution is -0.265. The maximum Gasteiger partial charge on any atom is 0.329 e. The third kappa shape index (κ3) is 16.0. The number of ether oxygens (including phenoxy) is 6. The fraction of sp³-hybridized carbons (Fsp3) is 0.750. The Bertz CT molecular complexity index is 2010. The van der Waals surface area contributed by atoms with Gasteiger partial charge in [0.15, 0.2) is 5.78 Å². The Morgan fingerprint density at radius 2 is 1.56 bits per heavy atom. The van der Waals surface area contributed by atoms with E-state index in [1.54, 1.807) is 40.9 Å². The van der Waals surface area contributed by atoms with Crippen molar-refractivity contribution in [1.29, 1.82) is 0 Å². The summed E-state index contributed by atoms with van der Waals surface area (Å²) in [6.07, 6.45) is 9.76. The first-order valence-electron chi connectivity index (χ1n) is 26.4. The van der Waals surface area contributed by atoms with E-state index in [1.807, 2.05) is 51.2 Å². The quantitative estimate of drug-likeness (QED) is 0.116. The summed E-state index contributed by atoms with van der Waals surface area (Å²) in [7, 11) is 4.43. The summed E-state index contributed by atoms with van der Waals surface area (Å²) in [6.45, 7) is 12.7. The van der Waals surface area contributed by atoms with E-state index >= 15 is 0 Å². The SMILES string of the molecule is COC1CC2CCC(C)C(O)(O2)C(=O)C(=O)N2CCCCC2C(=O)OC(C(C)CC2CCC(OC(=O)C(C)(CO)CO)C(OC)C2)CC(=O)C(C)/C=C(/C)C(O)C(OC)C(=O)C(C)CC(C)\C=C/C=C\C=C/1C. The van der Waals surface area contributed by atoms with E-state index in [0.717, 1.165) is 10.5 Å². The summed E-state index contributed by atoms with van der Waals surface area (Å²) in [5, 5.41) is 43.1. The Labute approximate surface area is 433 Å². The molecule has 0 aromatic rings. The smallest absolute Gasteiger partial charge is 0.329 e. The monoisotopic (exact) mass is 1030 g/mol. The molecule has 0 aromatic heterocycles. The predicted molar refractivity (Wildman–Crippen MR) is 271 cm³/mol. The summed E-state index contributed by atoms with van der Waals surface area (Å²) in [4.78, 5) is 85.4. The topological polar surface area (TPSA) is 242 Å². The molecule has 4 N–H and O–H groups in total. The van der Waals surface area contributed by atoms with Crippen LogP contribution in [0.1, 0.15) is 132 Å². The van der Waals surface area contributed by atoms with Gasteiger partial charge in [-0.25, -0.2) is 4.79 Å². The molecule has 0 radical (unpaired) electrons. The second kappa shape index (κ2) is 28.3. The van der Waals surface area contributed by atoms with Crippen LogP contribution in [-0.4, -0.2) is 156 Å². The lowest BCUT2D eigenvalue weighted by Crippen LogP contribution is -2.61. The van der Waals surface area contributed by atoms with Crippen LogP contribution in [0.5, 0.6) is 0 Å². The van der Waals surface area contributed by atoms with E-state index in [1.165, 1.54) is 21.1 Å². The Morgan fingerprint density at radius 3 is 2.21 bits per heavy atom.